The fourth-order valence-corrected chi connectivity index (χ4v) is 5.65. The highest BCUT2D eigenvalue weighted by Gasteiger charge is 2.52. The fourth-order valence-electron chi connectivity index (χ4n) is 4.44. The molecule has 0 spiro atoms. The lowest BCUT2D eigenvalue weighted by Crippen LogP contribution is -2.48. The maximum Gasteiger partial charge on any atom is 0.256 e. The van der Waals surface area contributed by atoms with Crippen LogP contribution in [0.25, 0.3) is 0 Å². The number of thioether (sulfide) groups is 1. The molecular weight excluding hydrogens is 456 g/mol. The summed E-state index contributed by atoms with van der Waals surface area (Å²) in [5.74, 6) is 0.110. The Morgan fingerprint density at radius 2 is 1.63 bits per heavy atom. The molecule has 0 fully saturated rings. The summed E-state index contributed by atoms with van der Waals surface area (Å²) in [5.41, 5.74) is 3.62. The number of hydrogen-bond acceptors (Lipinski definition) is 3. The van der Waals surface area contributed by atoms with Gasteiger partial charge in [0.15, 0.2) is 0 Å². The van der Waals surface area contributed by atoms with Crippen molar-refractivity contribution in [1.29, 1.82) is 0 Å². The van der Waals surface area contributed by atoms with E-state index in [1.807, 2.05) is 42.4 Å². The topological polar surface area (TPSA) is 23.6 Å². The van der Waals surface area contributed by atoms with Gasteiger partial charge in [-0.2, -0.15) is 0 Å². The molecule has 30 heavy (non-hydrogen) atoms. The summed E-state index contributed by atoms with van der Waals surface area (Å²) in [5, 5.41) is 4.67. The molecule has 0 bridgehead atoms. The largest absolute Gasteiger partial charge is 0.272 e. The van der Waals surface area contributed by atoms with E-state index in [-0.39, 0.29) is 5.91 Å². The first-order chi connectivity index (χ1) is 14.6. The van der Waals surface area contributed by atoms with Gasteiger partial charge in [0, 0.05) is 23.8 Å². The molecule has 1 amide bonds. The number of nitrogens with zero attached hydrogens (tertiary/aromatic N) is 2. The van der Waals surface area contributed by atoms with Gasteiger partial charge in [-0.1, -0.05) is 82.7 Å². The van der Waals surface area contributed by atoms with Gasteiger partial charge in [0.2, 0.25) is 0 Å². The second-order valence-electron chi connectivity index (χ2n) is 7.47. The molecular formula is C25H25BrN2OS. The van der Waals surface area contributed by atoms with Crippen molar-refractivity contribution in [1.82, 2.24) is 5.01 Å². The molecule has 0 aliphatic carbocycles. The Labute approximate surface area is 191 Å². The van der Waals surface area contributed by atoms with Crippen LogP contribution in [0.2, 0.25) is 0 Å². The second-order valence-corrected chi connectivity index (χ2v) is 9.11. The summed E-state index contributed by atoms with van der Waals surface area (Å²) >= 11 is 5.35. The van der Waals surface area contributed by atoms with Crippen LogP contribution in [0.5, 0.6) is 0 Å². The Bertz CT molecular complexity index is 1040. The Hall–Kier alpha value is -2.08. The Balaban J connectivity index is 1.80. The van der Waals surface area contributed by atoms with Gasteiger partial charge >= 0.3 is 0 Å². The first-order valence-corrected chi connectivity index (χ1v) is 12.4. The third-order valence-corrected chi connectivity index (χ3v) is 7.05. The summed E-state index contributed by atoms with van der Waals surface area (Å²) in [6.07, 6.45) is 2.80. The number of alkyl halides is 1. The Kier molecular flexibility index (Phi) is 6.32. The van der Waals surface area contributed by atoms with Gasteiger partial charge in [-0.25, -0.2) is 10.0 Å². The number of hydrogen-bond donors (Lipinski definition) is 0. The van der Waals surface area contributed by atoms with Gasteiger partial charge in [0.05, 0.1) is 5.69 Å². The monoisotopic (exact) mass is 480 g/mol. The molecule has 1 atom stereocenters. The molecule has 1 aliphatic rings. The van der Waals surface area contributed by atoms with Crippen molar-refractivity contribution in [3.05, 3.63) is 95.6 Å². The Morgan fingerprint density at radius 1 is 0.967 bits per heavy atom. The number of benzene rings is 3. The second kappa shape index (κ2) is 8.96. The zero-order valence-corrected chi connectivity index (χ0v) is 19.6. The summed E-state index contributed by atoms with van der Waals surface area (Å²) in [7, 11) is 2.00. The van der Waals surface area contributed by atoms with Crippen molar-refractivity contribution in [3.8, 4) is 0 Å². The first-order valence-electron chi connectivity index (χ1n) is 10.0. The van der Waals surface area contributed by atoms with Crippen LogP contribution in [0.4, 0.5) is 5.69 Å². The fraction of sp³-hybridized carbons (Fsp3) is 0.240. The van der Waals surface area contributed by atoms with Crippen LogP contribution in [-0.4, -0.2) is 29.5 Å². The lowest BCUT2D eigenvalue weighted by atomic mass is 9.73. The van der Waals surface area contributed by atoms with Crippen molar-refractivity contribution in [2.24, 2.45) is 0 Å². The van der Waals surface area contributed by atoms with Crippen LogP contribution in [0.1, 0.15) is 23.1 Å². The number of carbonyl (C=O) groups excluding carboxylic acids is 1. The SMILES string of the molecule is CSc1ccccc1CN(C)N1C(=O)[C@@](CCBr)(c2ccccc2)c2ccccc21. The van der Waals surface area contributed by atoms with Crippen molar-refractivity contribution in [2.75, 3.05) is 23.6 Å². The normalized spacial score (nSPS) is 18.1. The van der Waals surface area contributed by atoms with E-state index in [0.29, 0.717) is 13.0 Å². The van der Waals surface area contributed by atoms with E-state index in [1.54, 1.807) is 11.8 Å². The average molecular weight is 481 g/mol. The molecule has 0 radical (unpaired) electrons. The number of halogens is 1. The van der Waals surface area contributed by atoms with E-state index in [4.69, 9.17) is 0 Å². The molecule has 154 valence electrons. The van der Waals surface area contributed by atoms with Gasteiger partial charge in [-0.05, 0) is 41.5 Å². The third kappa shape index (κ3) is 3.49. The van der Waals surface area contributed by atoms with Gasteiger partial charge in [-0.3, -0.25) is 4.79 Å². The molecule has 0 saturated carbocycles. The van der Waals surface area contributed by atoms with Crippen LogP contribution in [0.15, 0.2) is 83.8 Å². The number of amides is 1. The van der Waals surface area contributed by atoms with Crippen LogP contribution < -0.4 is 5.01 Å². The highest BCUT2D eigenvalue weighted by atomic mass is 79.9. The summed E-state index contributed by atoms with van der Waals surface area (Å²) in [4.78, 5) is 15.4. The van der Waals surface area contributed by atoms with Crippen molar-refractivity contribution < 1.29 is 4.79 Å². The molecule has 5 heteroatoms. The lowest BCUT2D eigenvalue weighted by Gasteiger charge is -2.33. The van der Waals surface area contributed by atoms with Crippen LogP contribution in [0, 0.1) is 0 Å². The average Bonchev–Trinajstić information content (AvgIpc) is 3.04. The minimum absolute atomic E-state index is 0.110. The van der Waals surface area contributed by atoms with Crippen molar-refractivity contribution in [3.63, 3.8) is 0 Å². The highest BCUT2D eigenvalue weighted by Crippen LogP contribution is 2.49. The van der Waals surface area contributed by atoms with Gasteiger partial charge < -0.3 is 0 Å². The number of para-hydroxylation sites is 1. The summed E-state index contributed by atoms with van der Waals surface area (Å²) in [6.45, 7) is 0.663. The molecule has 3 aromatic carbocycles. The van der Waals surface area contributed by atoms with E-state index >= 15 is 0 Å². The van der Waals surface area contributed by atoms with Crippen LogP contribution in [-0.2, 0) is 16.8 Å². The smallest absolute Gasteiger partial charge is 0.256 e. The molecule has 1 aliphatic heterocycles. The Morgan fingerprint density at radius 3 is 2.37 bits per heavy atom. The molecule has 0 N–H and O–H groups in total. The number of hydrazine groups is 1. The van der Waals surface area contributed by atoms with E-state index in [1.165, 1.54) is 10.5 Å². The predicted molar refractivity (Wildman–Crippen MR) is 129 cm³/mol. The molecule has 4 rings (SSSR count). The highest BCUT2D eigenvalue weighted by molar-refractivity contribution is 9.09. The van der Waals surface area contributed by atoms with E-state index in [0.717, 1.165) is 22.1 Å². The number of carbonyl (C=O) groups is 1. The third-order valence-electron chi connectivity index (χ3n) is 5.82. The van der Waals surface area contributed by atoms with Gasteiger partial charge in [0.1, 0.15) is 5.41 Å². The zero-order valence-electron chi connectivity index (χ0n) is 17.2. The minimum Gasteiger partial charge on any atom is -0.272 e. The van der Waals surface area contributed by atoms with E-state index < -0.39 is 5.41 Å². The van der Waals surface area contributed by atoms with Gasteiger partial charge in [-0.15, -0.1) is 11.8 Å². The van der Waals surface area contributed by atoms with Crippen LogP contribution in [0.3, 0.4) is 0 Å². The quantitative estimate of drug-likeness (QED) is 0.311. The lowest BCUT2D eigenvalue weighted by molar-refractivity contribution is -0.124. The van der Waals surface area contributed by atoms with Crippen LogP contribution >= 0.6 is 27.7 Å². The molecule has 3 aromatic rings. The molecule has 0 aromatic heterocycles. The number of fused-ring (bicyclic) bond motifs is 1. The van der Waals surface area contributed by atoms with Crippen molar-refractivity contribution >= 4 is 39.3 Å². The minimum atomic E-state index is -0.686. The summed E-state index contributed by atoms with van der Waals surface area (Å²) in [6, 6.07) is 26.8. The molecule has 0 saturated heterocycles. The first kappa shape index (κ1) is 21.2. The maximum atomic E-state index is 14.1. The molecule has 3 nitrogen and oxygen atoms in total. The van der Waals surface area contributed by atoms with Gasteiger partial charge in [0.25, 0.3) is 5.91 Å². The molecule has 1 heterocycles. The maximum absolute atomic E-state index is 14.1. The zero-order chi connectivity index (χ0) is 21.1. The summed E-state index contributed by atoms with van der Waals surface area (Å²) < 4.78 is 0. The number of anilines is 1. The number of rotatable bonds is 7. The standard InChI is InChI=1S/C25H25BrN2OS/c1-27(18-19-10-6-9-15-23(19)30-2)28-22-14-8-7-13-21(22)25(16-17-26,24(28)29)20-11-4-3-5-12-20/h3-15H,16-18H2,1-2H3/t25-/m0/s1. The van der Waals surface area contributed by atoms with E-state index in [2.05, 4.69) is 75.7 Å². The van der Waals surface area contributed by atoms with Crippen molar-refractivity contribution in [2.45, 2.75) is 23.3 Å². The molecule has 0 unspecified atom stereocenters. The predicted octanol–water partition coefficient (Wildman–Crippen LogP) is 5.87. The van der Waals surface area contributed by atoms with E-state index in [9.17, 15) is 4.79 Å².